The number of carbonyl (C=O) groups excluding carboxylic acids is 1. The van der Waals surface area contributed by atoms with E-state index in [0.717, 1.165) is 12.1 Å². The molecule has 0 radical (unpaired) electrons. The van der Waals surface area contributed by atoms with Gasteiger partial charge in [-0.3, -0.25) is 4.79 Å². The van der Waals surface area contributed by atoms with Gasteiger partial charge >= 0.3 is 5.97 Å². The highest BCUT2D eigenvalue weighted by atomic mass is 19.2. The third-order valence-corrected chi connectivity index (χ3v) is 2.44. The zero-order valence-electron chi connectivity index (χ0n) is 11.4. The summed E-state index contributed by atoms with van der Waals surface area (Å²) < 4.78 is 30.7. The van der Waals surface area contributed by atoms with Crippen LogP contribution in [0.15, 0.2) is 18.2 Å². The summed E-state index contributed by atoms with van der Waals surface area (Å²) in [6, 6.07) is 3.74. The van der Waals surface area contributed by atoms with Crippen LogP contribution in [0, 0.1) is 17.0 Å². The summed E-state index contributed by atoms with van der Waals surface area (Å²) in [6.45, 7) is 6.45. The molecule has 0 amide bonds. The molecule has 0 saturated heterocycles. The SMILES string of the molecule is CC(C)(C)C(=O)OCCNCc1ccc(F)c(F)c1. The van der Waals surface area contributed by atoms with Crippen LogP contribution in [-0.2, 0) is 16.1 Å². The first-order valence-electron chi connectivity index (χ1n) is 6.12. The second-order valence-corrected chi connectivity index (χ2v) is 5.31. The van der Waals surface area contributed by atoms with Gasteiger partial charge < -0.3 is 10.1 Å². The molecule has 1 aromatic rings. The Labute approximate surface area is 112 Å². The number of benzene rings is 1. The second kappa shape index (κ2) is 6.61. The molecule has 0 unspecified atom stereocenters. The Morgan fingerprint density at radius 3 is 2.53 bits per heavy atom. The molecule has 1 N–H and O–H groups in total. The van der Waals surface area contributed by atoms with Crippen LogP contribution >= 0.6 is 0 Å². The Morgan fingerprint density at radius 2 is 1.95 bits per heavy atom. The van der Waals surface area contributed by atoms with Crippen molar-refractivity contribution in [3.8, 4) is 0 Å². The second-order valence-electron chi connectivity index (χ2n) is 5.31. The fourth-order valence-electron chi connectivity index (χ4n) is 1.31. The van der Waals surface area contributed by atoms with Crippen molar-refractivity contribution in [1.29, 1.82) is 0 Å². The molecule has 0 aliphatic rings. The molecule has 0 aliphatic heterocycles. The summed E-state index contributed by atoms with van der Waals surface area (Å²) in [7, 11) is 0. The standard InChI is InChI=1S/C14H19F2NO2/c1-14(2,3)13(18)19-7-6-17-9-10-4-5-11(15)12(16)8-10/h4-5,8,17H,6-7,9H2,1-3H3. The van der Waals surface area contributed by atoms with Crippen LogP contribution in [0.4, 0.5) is 8.78 Å². The lowest BCUT2D eigenvalue weighted by atomic mass is 9.97. The van der Waals surface area contributed by atoms with Crippen molar-refractivity contribution in [3.63, 3.8) is 0 Å². The van der Waals surface area contributed by atoms with Crippen molar-refractivity contribution in [3.05, 3.63) is 35.4 Å². The molecule has 3 nitrogen and oxygen atoms in total. The zero-order chi connectivity index (χ0) is 14.5. The van der Waals surface area contributed by atoms with E-state index in [1.807, 2.05) is 0 Å². The Morgan fingerprint density at radius 1 is 1.26 bits per heavy atom. The van der Waals surface area contributed by atoms with Gasteiger partial charge in [0.1, 0.15) is 6.61 Å². The predicted octanol–water partition coefficient (Wildman–Crippen LogP) is 2.64. The molecule has 0 atom stereocenters. The average Bonchev–Trinajstić information content (AvgIpc) is 2.31. The van der Waals surface area contributed by atoms with Crippen molar-refractivity contribution in [2.75, 3.05) is 13.2 Å². The highest BCUT2D eigenvalue weighted by Gasteiger charge is 2.22. The molecule has 0 aliphatic carbocycles. The quantitative estimate of drug-likeness (QED) is 0.661. The summed E-state index contributed by atoms with van der Waals surface area (Å²) in [6.07, 6.45) is 0. The van der Waals surface area contributed by atoms with Crippen molar-refractivity contribution in [2.45, 2.75) is 27.3 Å². The molecule has 0 aromatic heterocycles. The lowest BCUT2D eigenvalue weighted by Gasteiger charge is -2.16. The van der Waals surface area contributed by atoms with Crippen LogP contribution in [0.25, 0.3) is 0 Å². The fraction of sp³-hybridized carbons (Fsp3) is 0.500. The lowest BCUT2D eigenvalue weighted by molar-refractivity contribution is -0.152. The Bertz CT molecular complexity index is 442. The first kappa shape index (κ1) is 15.6. The predicted molar refractivity (Wildman–Crippen MR) is 68.5 cm³/mol. The van der Waals surface area contributed by atoms with Gasteiger partial charge in [0.05, 0.1) is 5.41 Å². The maximum Gasteiger partial charge on any atom is 0.311 e. The number of ether oxygens (including phenoxy) is 1. The molecule has 0 saturated carbocycles. The van der Waals surface area contributed by atoms with E-state index in [0.29, 0.717) is 18.7 Å². The smallest absolute Gasteiger partial charge is 0.311 e. The van der Waals surface area contributed by atoms with Crippen molar-refractivity contribution in [1.82, 2.24) is 5.32 Å². The minimum absolute atomic E-state index is 0.250. The van der Waals surface area contributed by atoms with Gasteiger partial charge in [0, 0.05) is 13.1 Å². The number of rotatable bonds is 5. The fourth-order valence-corrected chi connectivity index (χ4v) is 1.31. The van der Waals surface area contributed by atoms with Crippen molar-refractivity contribution in [2.24, 2.45) is 5.41 Å². The van der Waals surface area contributed by atoms with Gasteiger partial charge in [-0.25, -0.2) is 8.78 Å². The van der Waals surface area contributed by atoms with Crippen LogP contribution in [0.2, 0.25) is 0 Å². The van der Waals surface area contributed by atoms with Gasteiger partial charge in [0.15, 0.2) is 11.6 Å². The third-order valence-electron chi connectivity index (χ3n) is 2.44. The van der Waals surface area contributed by atoms with E-state index >= 15 is 0 Å². The summed E-state index contributed by atoms with van der Waals surface area (Å²) in [4.78, 5) is 11.4. The number of esters is 1. The van der Waals surface area contributed by atoms with Crippen LogP contribution in [0.5, 0.6) is 0 Å². The van der Waals surface area contributed by atoms with Crippen LogP contribution in [-0.4, -0.2) is 19.1 Å². The largest absolute Gasteiger partial charge is 0.464 e. The molecular formula is C14H19F2NO2. The Balaban J connectivity index is 2.24. The van der Waals surface area contributed by atoms with E-state index in [4.69, 9.17) is 4.74 Å². The van der Waals surface area contributed by atoms with Crippen LogP contribution in [0.3, 0.4) is 0 Å². The Kier molecular flexibility index (Phi) is 5.42. The molecular weight excluding hydrogens is 252 g/mol. The van der Waals surface area contributed by atoms with E-state index in [2.05, 4.69) is 5.32 Å². The first-order valence-corrected chi connectivity index (χ1v) is 6.12. The van der Waals surface area contributed by atoms with Crippen LogP contribution < -0.4 is 5.32 Å². The zero-order valence-corrected chi connectivity index (χ0v) is 11.4. The maximum absolute atomic E-state index is 12.9. The summed E-state index contributed by atoms with van der Waals surface area (Å²) in [5.41, 5.74) is 0.126. The summed E-state index contributed by atoms with van der Waals surface area (Å²) >= 11 is 0. The van der Waals surface area contributed by atoms with Crippen LogP contribution in [0.1, 0.15) is 26.3 Å². The average molecular weight is 271 g/mol. The number of carbonyl (C=O) groups is 1. The monoisotopic (exact) mass is 271 g/mol. The molecule has 1 rings (SSSR count). The van der Waals surface area contributed by atoms with Gasteiger partial charge in [-0.15, -0.1) is 0 Å². The minimum atomic E-state index is -0.863. The molecule has 0 bridgehead atoms. The number of hydrogen-bond donors (Lipinski definition) is 1. The van der Waals surface area contributed by atoms with Crippen molar-refractivity contribution < 1.29 is 18.3 Å². The van der Waals surface area contributed by atoms with E-state index in [1.54, 1.807) is 20.8 Å². The minimum Gasteiger partial charge on any atom is -0.464 e. The molecule has 0 fully saturated rings. The number of halogens is 2. The van der Waals surface area contributed by atoms with Gasteiger partial charge in [-0.1, -0.05) is 6.07 Å². The molecule has 106 valence electrons. The maximum atomic E-state index is 12.9. The normalized spacial score (nSPS) is 11.4. The van der Waals surface area contributed by atoms with Gasteiger partial charge in [0.2, 0.25) is 0 Å². The molecule has 0 spiro atoms. The molecule has 19 heavy (non-hydrogen) atoms. The van der Waals surface area contributed by atoms with Crippen molar-refractivity contribution >= 4 is 5.97 Å². The number of hydrogen-bond acceptors (Lipinski definition) is 3. The van der Waals surface area contributed by atoms with Gasteiger partial charge in [-0.05, 0) is 38.5 Å². The summed E-state index contributed by atoms with van der Waals surface area (Å²) in [5, 5.41) is 2.99. The van der Waals surface area contributed by atoms with E-state index in [9.17, 15) is 13.6 Å². The molecule has 5 heteroatoms. The van der Waals surface area contributed by atoms with E-state index < -0.39 is 17.0 Å². The third kappa shape index (κ3) is 5.34. The molecule has 0 heterocycles. The Hall–Kier alpha value is -1.49. The van der Waals surface area contributed by atoms with E-state index in [-0.39, 0.29) is 12.6 Å². The number of nitrogens with one attached hydrogen (secondary N) is 1. The van der Waals surface area contributed by atoms with Gasteiger partial charge in [0.25, 0.3) is 0 Å². The highest BCUT2D eigenvalue weighted by Crippen LogP contribution is 2.14. The summed E-state index contributed by atoms with van der Waals surface area (Å²) in [5.74, 6) is -1.98. The van der Waals surface area contributed by atoms with Gasteiger partial charge in [-0.2, -0.15) is 0 Å². The lowest BCUT2D eigenvalue weighted by Crippen LogP contribution is -2.27. The van der Waals surface area contributed by atoms with E-state index in [1.165, 1.54) is 6.07 Å². The highest BCUT2D eigenvalue weighted by molar-refractivity contribution is 5.75. The first-order chi connectivity index (χ1) is 8.80. The molecule has 1 aromatic carbocycles. The topological polar surface area (TPSA) is 38.3 Å².